The molecule has 41 heavy (non-hydrogen) atoms. The Morgan fingerprint density at radius 1 is 0.927 bits per heavy atom. The maximum Gasteiger partial charge on any atom is 0.244 e. The van der Waals surface area contributed by atoms with Gasteiger partial charge >= 0.3 is 0 Å². The van der Waals surface area contributed by atoms with E-state index < -0.39 is 28.5 Å². The number of hydrogen-bond acceptors (Lipinski definition) is 5. The molecule has 3 aromatic rings. The van der Waals surface area contributed by atoms with E-state index in [-0.39, 0.29) is 24.9 Å². The highest BCUT2D eigenvalue weighted by molar-refractivity contribution is 7.92. The third-order valence-corrected chi connectivity index (χ3v) is 8.24. The fourth-order valence-corrected chi connectivity index (χ4v) is 5.70. The molecule has 0 fully saturated rings. The number of hydrogen-bond donors (Lipinski definition) is 1. The summed E-state index contributed by atoms with van der Waals surface area (Å²) in [6.45, 7) is 7.17. The fraction of sp³-hybridized carbons (Fsp3) is 0.375. The predicted octanol–water partition coefficient (Wildman–Crippen LogP) is 4.63. The molecule has 0 unspecified atom stereocenters. The van der Waals surface area contributed by atoms with E-state index >= 15 is 0 Å². The number of nitrogens with zero attached hydrogens (tertiary/aromatic N) is 2. The molecule has 0 saturated heterocycles. The standard InChI is InChI=1S/C32H41N3O5S/c1-7-25(4)33-32(37)29(20-26-15-9-8-10-16-26)34(21-27-17-12-18-28(19-27)40-5)30(36)22-35(41(6,38)39)31-23(2)13-11-14-24(31)3/h8-19,25,29H,7,20-22H2,1-6H3,(H,33,37)/t25-,29+/m1/s1. The molecule has 0 spiro atoms. The van der Waals surface area contributed by atoms with Crippen LogP contribution in [-0.2, 0) is 32.6 Å². The van der Waals surface area contributed by atoms with Crippen molar-refractivity contribution in [3.8, 4) is 5.75 Å². The molecule has 0 saturated carbocycles. The van der Waals surface area contributed by atoms with Crippen LogP contribution in [0.25, 0.3) is 0 Å². The number of carbonyl (C=O) groups is 2. The highest BCUT2D eigenvalue weighted by atomic mass is 32.2. The summed E-state index contributed by atoms with van der Waals surface area (Å²) in [5.74, 6) is -0.162. The maximum absolute atomic E-state index is 14.3. The Labute approximate surface area is 244 Å². The normalized spacial score (nSPS) is 12.7. The molecule has 0 aliphatic carbocycles. The van der Waals surface area contributed by atoms with Gasteiger partial charge in [-0.3, -0.25) is 13.9 Å². The molecule has 0 aliphatic rings. The highest BCUT2D eigenvalue weighted by Crippen LogP contribution is 2.27. The summed E-state index contributed by atoms with van der Waals surface area (Å²) in [5.41, 5.74) is 3.57. The average molecular weight is 580 g/mol. The zero-order valence-corrected chi connectivity index (χ0v) is 25.6. The summed E-state index contributed by atoms with van der Waals surface area (Å²) in [7, 11) is -2.27. The molecular formula is C32H41N3O5S. The van der Waals surface area contributed by atoms with Gasteiger partial charge in [-0.25, -0.2) is 8.42 Å². The summed E-state index contributed by atoms with van der Waals surface area (Å²) in [5, 5.41) is 3.04. The van der Waals surface area contributed by atoms with E-state index in [1.807, 2.05) is 94.4 Å². The Balaban J connectivity index is 2.11. The Kier molecular flexibility index (Phi) is 10.9. The molecule has 0 radical (unpaired) electrons. The van der Waals surface area contributed by atoms with Crippen LogP contribution in [0, 0.1) is 13.8 Å². The van der Waals surface area contributed by atoms with Gasteiger partial charge in [0.1, 0.15) is 18.3 Å². The van der Waals surface area contributed by atoms with E-state index in [1.54, 1.807) is 13.2 Å². The van der Waals surface area contributed by atoms with Crippen molar-refractivity contribution in [2.75, 3.05) is 24.2 Å². The van der Waals surface area contributed by atoms with Crippen LogP contribution in [0.1, 0.15) is 42.5 Å². The second-order valence-electron chi connectivity index (χ2n) is 10.4. The van der Waals surface area contributed by atoms with E-state index in [0.717, 1.165) is 39.2 Å². The molecule has 2 amide bonds. The summed E-state index contributed by atoms with van der Waals surface area (Å²) >= 11 is 0. The lowest BCUT2D eigenvalue weighted by Gasteiger charge is -2.34. The van der Waals surface area contributed by atoms with Crippen molar-refractivity contribution in [3.05, 3.63) is 95.1 Å². The van der Waals surface area contributed by atoms with E-state index in [1.165, 1.54) is 4.90 Å². The minimum Gasteiger partial charge on any atom is -0.497 e. The van der Waals surface area contributed by atoms with Crippen LogP contribution >= 0.6 is 0 Å². The first-order valence-corrected chi connectivity index (χ1v) is 15.6. The fourth-order valence-electron chi connectivity index (χ4n) is 4.74. The number of carbonyl (C=O) groups excluding carboxylic acids is 2. The zero-order chi connectivity index (χ0) is 30.2. The number of aryl methyl sites for hydroxylation is 2. The number of nitrogens with one attached hydrogen (secondary N) is 1. The number of rotatable bonds is 13. The number of para-hydroxylation sites is 1. The second kappa shape index (κ2) is 14.2. The van der Waals surface area contributed by atoms with E-state index in [9.17, 15) is 18.0 Å². The molecule has 220 valence electrons. The minimum atomic E-state index is -3.84. The summed E-state index contributed by atoms with van der Waals surface area (Å²) < 4.78 is 32.7. The summed E-state index contributed by atoms with van der Waals surface area (Å²) in [6.07, 6.45) is 2.08. The van der Waals surface area contributed by atoms with Gasteiger partial charge in [0.2, 0.25) is 21.8 Å². The SMILES string of the molecule is CC[C@@H](C)NC(=O)[C@H](Cc1ccccc1)N(Cc1cccc(OC)c1)C(=O)CN(c1c(C)cccc1C)S(C)(=O)=O. The summed E-state index contributed by atoms with van der Waals surface area (Å²) in [6, 6.07) is 21.3. The van der Waals surface area contributed by atoms with Crippen LogP contribution in [0.5, 0.6) is 5.75 Å². The first-order valence-electron chi connectivity index (χ1n) is 13.7. The third-order valence-electron chi connectivity index (χ3n) is 7.13. The molecule has 0 bridgehead atoms. The number of anilines is 1. The maximum atomic E-state index is 14.3. The zero-order valence-electron chi connectivity index (χ0n) is 24.8. The van der Waals surface area contributed by atoms with Crippen LogP contribution in [0.15, 0.2) is 72.8 Å². The smallest absolute Gasteiger partial charge is 0.244 e. The molecular weight excluding hydrogens is 538 g/mol. The van der Waals surface area contributed by atoms with Crippen molar-refractivity contribution in [3.63, 3.8) is 0 Å². The third kappa shape index (κ3) is 8.57. The molecule has 0 heterocycles. The van der Waals surface area contributed by atoms with Gasteiger partial charge in [0.15, 0.2) is 0 Å². The monoisotopic (exact) mass is 579 g/mol. The largest absolute Gasteiger partial charge is 0.497 e. The summed E-state index contributed by atoms with van der Waals surface area (Å²) in [4.78, 5) is 29.5. The van der Waals surface area contributed by atoms with Gasteiger partial charge < -0.3 is 15.0 Å². The van der Waals surface area contributed by atoms with Gasteiger partial charge in [0.05, 0.1) is 19.1 Å². The number of amides is 2. The second-order valence-corrected chi connectivity index (χ2v) is 12.3. The van der Waals surface area contributed by atoms with Crippen LogP contribution in [0.3, 0.4) is 0 Å². The van der Waals surface area contributed by atoms with Crippen LogP contribution in [0.4, 0.5) is 5.69 Å². The van der Waals surface area contributed by atoms with Crippen molar-refractivity contribution in [1.29, 1.82) is 0 Å². The first kappa shape index (κ1) is 31.7. The van der Waals surface area contributed by atoms with Crippen molar-refractivity contribution >= 4 is 27.5 Å². The highest BCUT2D eigenvalue weighted by Gasteiger charge is 2.34. The number of sulfonamides is 1. The van der Waals surface area contributed by atoms with Crippen molar-refractivity contribution in [2.24, 2.45) is 0 Å². The predicted molar refractivity (Wildman–Crippen MR) is 163 cm³/mol. The molecule has 3 rings (SSSR count). The molecule has 8 nitrogen and oxygen atoms in total. The molecule has 2 atom stereocenters. The van der Waals surface area contributed by atoms with Crippen LogP contribution in [-0.4, -0.2) is 57.1 Å². The van der Waals surface area contributed by atoms with E-state index in [4.69, 9.17) is 4.74 Å². The molecule has 1 N–H and O–H groups in total. The minimum absolute atomic E-state index is 0.0891. The Hall–Kier alpha value is -3.85. The molecule has 9 heteroatoms. The first-order chi connectivity index (χ1) is 19.4. The van der Waals surface area contributed by atoms with Crippen LogP contribution < -0.4 is 14.4 Å². The Morgan fingerprint density at radius 2 is 1.54 bits per heavy atom. The number of benzene rings is 3. The quantitative estimate of drug-likeness (QED) is 0.319. The van der Waals surface area contributed by atoms with E-state index in [0.29, 0.717) is 11.4 Å². The van der Waals surface area contributed by atoms with Gasteiger partial charge in [-0.2, -0.15) is 0 Å². The Bertz CT molecular complexity index is 1420. The van der Waals surface area contributed by atoms with Gasteiger partial charge in [-0.1, -0.05) is 67.6 Å². The van der Waals surface area contributed by atoms with Gasteiger partial charge in [0, 0.05) is 19.0 Å². The topological polar surface area (TPSA) is 96.0 Å². The lowest BCUT2D eigenvalue weighted by molar-refractivity contribution is -0.140. The lowest BCUT2D eigenvalue weighted by atomic mass is 10.0. The van der Waals surface area contributed by atoms with Gasteiger partial charge in [-0.05, 0) is 61.6 Å². The van der Waals surface area contributed by atoms with Gasteiger partial charge in [0.25, 0.3) is 0 Å². The van der Waals surface area contributed by atoms with Gasteiger partial charge in [-0.15, -0.1) is 0 Å². The number of ether oxygens (including phenoxy) is 1. The molecule has 0 aliphatic heterocycles. The Morgan fingerprint density at radius 3 is 2.12 bits per heavy atom. The average Bonchev–Trinajstić information content (AvgIpc) is 2.94. The molecule has 0 aromatic heterocycles. The van der Waals surface area contributed by atoms with Crippen molar-refractivity contribution in [2.45, 2.75) is 59.2 Å². The number of methoxy groups -OCH3 is 1. The lowest BCUT2D eigenvalue weighted by Crippen LogP contribution is -2.54. The molecule has 3 aromatic carbocycles. The van der Waals surface area contributed by atoms with E-state index in [2.05, 4.69) is 5.32 Å². The van der Waals surface area contributed by atoms with Crippen molar-refractivity contribution < 1.29 is 22.7 Å². The van der Waals surface area contributed by atoms with Crippen molar-refractivity contribution in [1.82, 2.24) is 10.2 Å². The van der Waals surface area contributed by atoms with Crippen LogP contribution in [0.2, 0.25) is 0 Å².